The van der Waals surface area contributed by atoms with Crippen molar-refractivity contribution in [2.24, 2.45) is 0 Å². The average molecular weight is 260 g/mol. The molecule has 2 rings (SSSR count). The number of fused-ring (bicyclic) bond motifs is 1. The molecule has 0 spiro atoms. The smallest absolute Gasteiger partial charge is 0.336 e. The number of para-hydroxylation sites is 1. The van der Waals surface area contributed by atoms with Gasteiger partial charge in [-0.3, -0.25) is 4.79 Å². The van der Waals surface area contributed by atoms with Crippen molar-refractivity contribution in [2.45, 2.75) is 32.8 Å². The van der Waals surface area contributed by atoms with Crippen LogP contribution in [-0.2, 0) is 16.0 Å². The maximum atomic E-state index is 11.5. The van der Waals surface area contributed by atoms with Crippen LogP contribution in [0.15, 0.2) is 39.5 Å². The summed E-state index contributed by atoms with van der Waals surface area (Å²) in [6.45, 7) is 3.62. The Labute approximate surface area is 111 Å². The molecule has 0 bridgehead atoms. The molecule has 0 fully saturated rings. The normalized spacial score (nSPS) is 10.9. The summed E-state index contributed by atoms with van der Waals surface area (Å²) in [5.74, 6) is -0.257. The molecule has 4 heteroatoms. The number of carbonyl (C=O) groups is 1. The summed E-state index contributed by atoms with van der Waals surface area (Å²) in [5, 5.41) is 0.861. The zero-order chi connectivity index (χ0) is 13.8. The second-order valence-corrected chi connectivity index (χ2v) is 4.63. The average Bonchev–Trinajstić information content (AvgIpc) is 2.35. The lowest BCUT2D eigenvalue weighted by molar-refractivity contribution is -0.147. The van der Waals surface area contributed by atoms with Gasteiger partial charge in [-0.2, -0.15) is 0 Å². The van der Waals surface area contributed by atoms with Crippen molar-refractivity contribution >= 4 is 16.9 Å². The summed E-state index contributed by atoms with van der Waals surface area (Å²) >= 11 is 0. The molecule has 0 saturated carbocycles. The maximum Gasteiger partial charge on any atom is 0.336 e. The van der Waals surface area contributed by atoms with Gasteiger partial charge in [0, 0.05) is 17.9 Å². The van der Waals surface area contributed by atoms with Crippen molar-refractivity contribution in [1.29, 1.82) is 0 Å². The van der Waals surface area contributed by atoms with Crippen molar-refractivity contribution in [3.8, 4) is 0 Å². The summed E-state index contributed by atoms with van der Waals surface area (Å²) in [6.07, 6.45) is 0.605. The third kappa shape index (κ3) is 3.44. The van der Waals surface area contributed by atoms with Gasteiger partial charge >= 0.3 is 11.6 Å². The predicted octanol–water partition coefficient (Wildman–Crippen LogP) is 2.68. The van der Waals surface area contributed by atoms with Crippen molar-refractivity contribution in [3.63, 3.8) is 0 Å². The van der Waals surface area contributed by atoms with E-state index in [1.54, 1.807) is 6.07 Å². The highest BCUT2D eigenvalue weighted by atomic mass is 16.5. The summed E-state index contributed by atoms with van der Waals surface area (Å²) in [4.78, 5) is 23.0. The Morgan fingerprint density at radius 1 is 1.32 bits per heavy atom. The van der Waals surface area contributed by atoms with Gasteiger partial charge in [-0.05, 0) is 31.9 Å². The molecule has 0 aliphatic rings. The van der Waals surface area contributed by atoms with E-state index in [9.17, 15) is 9.59 Å². The second-order valence-electron chi connectivity index (χ2n) is 4.63. The Kier molecular flexibility index (Phi) is 4.00. The molecule has 19 heavy (non-hydrogen) atoms. The third-order valence-electron chi connectivity index (χ3n) is 2.70. The van der Waals surface area contributed by atoms with Crippen LogP contribution in [0.2, 0.25) is 0 Å². The molecule has 2 aromatic rings. The predicted molar refractivity (Wildman–Crippen MR) is 72.0 cm³/mol. The highest BCUT2D eigenvalue weighted by Crippen LogP contribution is 2.18. The molecular formula is C15H16O4. The molecular weight excluding hydrogens is 244 g/mol. The number of hydrogen-bond donors (Lipinski definition) is 0. The van der Waals surface area contributed by atoms with Crippen LogP contribution in [0.3, 0.4) is 0 Å². The molecule has 0 atom stereocenters. The quantitative estimate of drug-likeness (QED) is 0.626. The van der Waals surface area contributed by atoms with Crippen LogP contribution in [0, 0.1) is 0 Å². The van der Waals surface area contributed by atoms with Crippen molar-refractivity contribution in [1.82, 2.24) is 0 Å². The molecule has 0 N–H and O–H groups in total. The lowest BCUT2D eigenvalue weighted by Gasteiger charge is -2.08. The zero-order valence-corrected chi connectivity index (χ0v) is 11.0. The lowest BCUT2D eigenvalue weighted by atomic mass is 10.1. The van der Waals surface area contributed by atoms with Crippen LogP contribution in [-0.4, -0.2) is 12.1 Å². The molecule has 1 heterocycles. The zero-order valence-electron chi connectivity index (χ0n) is 11.0. The van der Waals surface area contributed by atoms with E-state index in [0.717, 1.165) is 10.9 Å². The molecule has 0 saturated heterocycles. The topological polar surface area (TPSA) is 56.5 Å². The van der Waals surface area contributed by atoms with Crippen LogP contribution in [0.1, 0.15) is 25.8 Å². The summed E-state index contributed by atoms with van der Waals surface area (Å²) in [7, 11) is 0. The number of ether oxygens (including phenoxy) is 1. The monoisotopic (exact) mass is 260 g/mol. The molecule has 4 nitrogen and oxygen atoms in total. The molecule has 1 aromatic carbocycles. The molecule has 0 aliphatic heterocycles. The van der Waals surface area contributed by atoms with E-state index in [1.807, 2.05) is 32.0 Å². The molecule has 100 valence electrons. The minimum atomic E-state index is -0.397. The molecule has 0 aliphatic carbocycles. The Bertz CT molecular complexity index is 640. The summed E-state index contributed by atoms with van der Waals surface area (Å²) in [5.41, 5.74) is 0.959. The fourth-order valence-electron chi connectivity index (χ4n) is 1.94. The second kappa shape index (κ2) is 5.69. The highest BCUT2D eigenvalue weighted by molar-refractivity contribution is 5.80. The summed E-state index contributed by atoms with van der Waals surface area (Å²) < 4.78 is 10.2. The van der Waals surface area contributed by atoms with E-state index >= 15 is 0 Å². The minimum Gasteiger partial charge on any atom is -0.463 e. The number of rotatable bonds is 4. The number of carbonyl (C=O) groups excluding carboxylic acids is 1. The molecule has 1 aromatic heterocycles. The first-order valence-corrected chi connectivity index (χ1v) is 6.27. The van der Waals surface area contributed by atoms with Gasteiger partial charge < -0.3 is 9.15 Å². The number of aryl methyl sites for hydroxylation is 1. The Morgan fingerprint density at radius 2 is 2.05 bits per heavy atom. The van der Waals surface area contributed by atoms with Crippen molar-refractivity contribution < 1.29 is 13.9 Å². The van der Waals surface area contributed by atoms with Gasteiger partial charge in [0.05, 0.1) is 6.10 Å². The molecule has 0 unspecified atom stereocenters. The van der Waals surface area contributed by atoms with Gasteiger partial charge in [0.2, 0.25) is 0 Å². The lowest BCUT2D eigenvalue weighted by Crippen LogP contribution is -2.12. The van der Waals surface area contributed by atoms with Crippen LogP contribution in [0.25, 0.3) is 11.0 Å². The van der Waals surface area contributed by atoms with E-state index < -0.39 is 5.63 Å². The Hall–Kier alpha value is -2.10. The van der Waals surface area contributed by atoms with E-state index in [1.165, 1.54) is 6.07 Å². The summed E-state index contributed by atoms with van der Waals surface area (Å²) in [6, 6.07) is 8.74. The van der Waals surface area contributed by atoms with Crippen LogP contribution in [0.4, 0.5) is 0 Å². The highest BCUT2D eigenvalue weighted by Gasteiger charge is 2.09. The van der Waals surface area contributed by atoms with Gasteiger partial charge in [0.25, 0.3) is 0 Å². The first kappa shape index (κ1) is 13.3. The van der Waals surface area contributed by atoms with Gasteiger partial charge in [0.15, 0.2) is 0 Å². The molecule has 0 amide bonds. The first-order chi connectivity index (χ1) is 9.06. The Morgan fingerprint density at radius 3 is 2.79 bits per heavy atom. The third-order valence-corrected chi connectivity index (χ3v) is 2.70. The largest absolute Gasteiger partial charge is 0.463 e. The number of esters is 1. The fourth-order valence-corrected chi connectivity index (χ4v) is 1.94. The van der Waals surface area contributed by atoms with Crippen LogP contribution >= 0.6 is 0 Å². The van der Waals surface area contributed by atoms with Crippen molar-refractivity contribution in [3.05, 3.63) is 46.3 Å². The Balaban J connectivity index is 2.21. The molecule has 0 radical (unpaired) electrons. The van der Waals surface area contributed by atoms with Crippen LogP contribution < -0.4 is 5.63 Å². The first-order valence-electron chi connectivity index (χ1n) is 6.27. The minimum absolute atomic E-state index is 0.120. The van der Waals surface area contributed by atoms with Crippen molar-refractivity contribution in [2.75, 3.05) is 0 Å². The van der Waals surface area contributed by atoms with E-state index in [2.05, 4.69) is 0 Å². The fraction of sp³-hybridized carbons (Fsp3) is 0.333. The maximum absolute atomic E-state index is 11.5. The van der Waals surface area contributed by atoms with Gasteiger partial charge in [-0.1, -0.05) is 18.2 Å². The van der Waals surface area contributed by atoms with Gasteiger partial charge in [0.1, 0.15) is 5.58 Å². The SMILES string of the molecule is CC(C)OC(=O)CCc1cc(=O)oc2ccccc12. The number of benzene rings is 1. The van der Waals surface area contributed by atoms with E-state index in [0.29, 0.717) is 12.0 Å². The van der Waals surface area contributed by atoms with E-state index in [4.69, 9.17) is 9.15 Å². The number of hydrogen-bond acceptors (Lipinski definition) is 4. The van der Waals surface area contributed by atoms with Crippen LogP contribution in [0.5, 0.6) is 0 Å². The van der Waals surface area contributed by atoms with Gasteiger partial charge in [-0.25, -0.2) is 4.79 Å². The standard InChI is InChI=1S/C15H16O4/c1-10(2)18-14(16)8-7-11-9-15(17)19-13-6-4-3-5-12(11)13/h3-6,9-10H,7-8H2,1-2H3. The van der Waals surface area contributed by atoms with E-state index in [-0.39, 0.29) is 18.5 Å². The van der Waals surface area contributed by atoms with Gasteiger partial charge in [-0.15, -0.1) is 0 Å².